The van der Waals surface area contributed by atoms with Crippen LogP contribution < -0.4 is 16.2 Å². The summed E-state index contributed by atoms with van der Waals surface area (Å²) in [5.74, 6) is -0.154. The van der Waals surface area contributed by atoms with Gasteiger partial charge in [0.15, 0.2) is 0 Å². The van der Waals surface area contributed by atoms with Crippen LogP contribution in [0.5, 0.6) is 0 Å². The molecule has 6 nitrogen and oxygen atoms in total. The van der Waals surface area contributed by atoms with Crippen molar-refractivity contribution in [3.05, 3.63) is 29.6 Å². The Kier molecular flexibility index (Phi) is 4.30. The Balaban J connectivity index is 2.08. The third-order valence-electron chi connectivity index (χ3n) is 2.57. The molecule has 1 aromatic rings. The second-order valence-electron chi connectivity index (χ2n) is 3.95. The van der Waals surface area contributed by atoms with Crippen molar-refractivity contribution in [2.75, 3.05) is 32.1 Å². The predicted octanol–water partition coefficient (Wildman–Crippen LogP) is 0.265. The fourth-order valence-corrected chi connectivity index (χ4v) is 1.62. The van der Waals surface area contributed by atoms with Crippen LogP contribution in [0.4, 0.5) is 10.1 Å². The number of ether oxygens (including phenoxy) is 1. The van der Waals surface area contributed by atoms with Crippen molar-refractivity contribution in [2.24, 2.45) is 4.99 Å². The van der Waals surface area contributed by atoms with Gasteiger partial charge in [-0.2, -0.15) is 0 Å². The fraction of sp³-hybridized carbons (Fsp3) is 0.333. The van der Waals surface area contributed by atoms with E-state index in [0.29, 0.717) is 30.2 Å². The molecule has 0 saturated carbocycles. The minimum absolute atomic E-state index is 0.0395. The summed E-state index contributed by atoms with van der Waals surface area (Å²) >= 11 is 0. The van der Waals surface area contributed by atoms with E-state index in [9.17, 15) is 9.18 Å². The molecule has 19 heavy (non-hydrogen) atoms. The van der Waals surface area contributed by atoms with E-state index in [4.69, 9.17) is 4.74 Å². The first kappa shape index (κ1) is 13.3. The number of aliphatic imine (C=N–C) groups is 1. The zero-order chi connectivity index (χ0) is 13.7. The molecule has 0 aliphatic carbocycles. The number of benzene rings is 1. The molecule has 1 heterocycles. The molecule has 1 aliphatic rings. The topological polar surface area (TPSA) is 74.8 Å². The van der Waals surface area contributed by atoms with Gasteiger partial charge in [0, 0.05) is 19.2 Å². The number of amidine groups is 1. The van der Waals surface area contributed by atoms with Crippen molar-refractivity contribution in [3.8, 4) is 0 Å². The van der Waals surface area contributed by atoms with Gasteiger partial charge in [0.1, 0.15) is 18.2 Å². The summed E-state index contributed by atoms with van der Waals surface area (Å²) in [4.78, 5) is 14.9. The molecule has 0 fully saturated rings. The number of rotatable bonds is 5. The van der Waals surface area contributed by atoms with Crippen molar-refractivity contribution in [1.82, 2.24) is 10.9 Å². The molecule has 1 aromatic carbocycles. The lowest BCUT2D eigenvalue weighted by Crippen LogP contribution is -2.47. The van der Waals surface area contributed by atoms with Crippen molar-refractivity contribution in [2.45, 2.75) is 0 Å². The number of carbonyl (C=O) groups is 1. The minimum Gasteiger partial charge on any atom is -0.383 e. The monoisotopic (exact) mass is 266 g/mol. The summed E-state index contributed by atoms with van der Waals surface area (Å²) in [5, 5.41) is 2.92. The summed E-state index contributed by atoms with van der Waals surface area (Å²) in [6.45, 7) is 1.07. The molecule has 0 radical (unpaired) electrons. The second-order valence-corrected chi connectivity index (χ2v) is 3.95. The number of methoxy groups -OCH3 is 1. The van der Waals surface area contributed by atoms with Crippen LogP contribution in [-0.4, -0.2) is 38.5 Å². The van der Waals surface area contributed by atoms with Crippen LogP contribution in [-0.2, 0) is 9.53 Å². The number of nitrogens with zero attached hydrogens (tertiary/aromatic N) is 1. The average Bonchev–Trinajstić information content (AvgIpc) is 2.42. The molecule has 7 heteroatoms. The number of hydrazine groups is 1. The van der Waals surface area contributed by atoms with E-state index in [0.717, 1.165) is 0 Å². The van der Waals surface area contributed by atoms with Gasteiger partial charge in [-0.1, -0.05) is 0 Å². The molecule has 3 N–H and O–H groups in total. The van der Waals surface area contributed by atoms with Crippen molar-refractivity contribution >= 4 is 17.4 Å². The Morgan fingerprint density at radius 1 is 1.47 bits per heavy atom. The smallest absolute Gasteiger partial charge is 0.260 e. The predicted molar refractivity (Wildman–Crippen MR) is 69.4 cm³/mol. The zero-order valence-electron chi connectivity index (χ0n) is 10.5. The van der Waals surface area contributed by atoms with Crippen LogP contribution in [0, 0.1) is 5.82 Å². The van der Waals surface area contributed by atoms with Gasteiger partial charge in [0.2, 0.25) is 0 Å². The molecule has 102 valence electrons. The summed E-state index contributed by atoms with van der Waals surface area (Å²) < 4.78 is 18.7. The molecule has 0 bridgehead atoms. The van der Waals surface area contributed by atoms with Gasteiger partial charge in [-0.25, -0.2) is 4.39 Å². The highest BCUT2D eigenvalue weighted by Crippen LogP contribution is 2.16. The van der Waals surface area contributed by atoms with E-state index in [2.05, 4.69) is 21.2 Å². The van der Waals surface area contributed by atoms with Gasteiger partial charge >= 0.3 is 0 Å². The Morgan fingerprint density at radius 2 is 2.32 bits per heavy atom. The number of amides is 1. The maximum Gasteiger partial charge on any atom is 0.260 e. The molecule has 1 aliphatic heterocycles. The molecule has 0 spiro atoms. The van der Waals surface area contributed by atoms with Crippen molar-refractivity contribution < 1.29 is 13.9 Å². The molecule has 2 rings (SSSR count). The van der Waals surface area contributed by atoms with Crippen LogP contribution >= 0.6 is 0 Å². The number of halogens is 1. The molecule has 0 saturated heterocycles. The SMILES string of the molecule is COCCNc1ccc(C2=NCC(=O)NN2)cc1F. The maximum atomic E-state index is 13.8. The van der Waals surface area contributed by atoms with E-state index >= 15 is 0 Å². The van der Waals surface area contributed by atoms with Crippen LogP contribution in [0.2, 0.25) is 0 Å². The number of nitrogens with one attached hydrogen (secondary N) is 3. The minimum atomic E-state index is -0.380. The number of anilines is 1. The van der Waals surface area contributed by atoms with Crippen LogP contribution in [0.25, 0.3) is 0 Å². The highest BCUT2D eigenvalue weighted by Gasteiger charge is 2.13. The van der Waals surface area contributed by atoms with E-state index < -0.39 is 0 Å². The Hall–Kier alpha value is -2.15. The van der Waals surface area contributed by atoms with Crippen LogP contribution in [0.1, 0.15) is 5.56 Å². The van der Waals surface area contributed by atoms with Crippen LogP contribution in [0.3, 0.4) is 0 Å². The van der Waals surface area contributed by atoms with Crippen molar-refractivity contribution in [1.29, 1.82) is 0 Å². The Morgan fingerprint density at radius 3 is 2.95 bits per heavy atom. The normalized spacial score (nSPS) is 14.4. The first-order chi connectivity index (χ1) is 9.20. The summed E-state index contributed by atoms with van der Waals surface area (Å²) in [6, 6.07) is 4.71. The quantitative estimate of drug-likeness (QED) is 0.669. The standard InChI is InChI=1S/C12H15FN4O2/c1-19-5-4-14-10-3-2-8(6-9(10)13)12-15-7-11(18)16-17-12/h2-3,6,14H,4-5,7H2,1H3,(H,15,17)(H,16,18). The third-order valence-corrected chi connectivity index (χ3v) is 2.57. The summed E-state index contributed by atoms with van der Waals surface area (Å²) in [6.07, 6.45) is 0. The van der Waals surface area contributed by atoms with Crippen LogP contribution in [0.15, 0.2) is 23.2 Å². The van der Waals surface area contributed by atoms with Gasteiger partial charge in [0.25, 0.3) is 5.91 Å². The number of hydrogen-bond acceptors (Lipinski definition) is 5. The highest BCUT2D eigenvalue weighted by atomic mass is 19.1. The fourth-order valence-electron chi connectivity index (χ4n) is 1.62. The highest BCUT2D eigenvalue weighted by molar-refractivity contribution is 6.02. The van der Waals surface area contributed by atoms with Crippen molar-refractivity contribution in [3.63, 3.8) is 0 Å². The lowest BCUT2D eigenvalue weighted by atomic mass is 10.1. The molecule has 1 amide bonds. The molecular weight excluding hydrogens is 251 g/mol. The van der Waals surface area contributed by atoms with Gasteiger partial charge in [-0.15, -0.1) is 0 Å². The van der Waals surface area contributed by atoms with Gasteiger partial charge in [0.05, 0.1) is 12.3 Å². The van der Waals surface area contributed by atoms with Gasteiger partial charge in [-0.05, 0) is 18.2 Å². The Labute approximate surface area is 110 Å². The van der Waals surface area contributed by atoms with E-state index in [1.54, 1.807) is 19.2 Å². The maximum absolute atomic E-state index is 13.8. The first-order valence-corrected chi connectivity index (χ1v) is 5.83. The lowest BCUT2D eigenvalue weighted by molar-refractivity contribution is -0.120. The summed E-state index contributed by atoms with van der Waals surface area (Å²) in [5.41, 5.74) is 6.04. The number of hydrogen-bond donors (Lipinski definition) is 3. The summed E-state index contributed by atoms with van der Waals surface area (Å²) in [7, 11) is 1.59. The number of carbonyl (C=O) groups excluding carboxylic acids is 1. The molecule has 0 unspecified atom stereocenters. The molecule has 0 atom stereocenters. The van der Waals surface area contributed by atoms with Gasteiger partial charge in [-0.3, -0.25) is 20.6 Å². The zero-order valence-corrected chi connectivity index (χ0v) is 10.5. The average molecular weight is 266 g/mol. The van der Waals surface area contributed by atoms with Gasteiger partial charge < -0.3 is 10.1 Å². The first-order valence-electron chi connectivity index (χ1n) is 5.83. The third kappa shape index (κ3) is 3.41. The molecule has 0 aromatic heterocycles. The van der Waals surface area contributed by atoms with E-state index in [1.165, 1.54) is 6.07 Å². The lowest BCUT2D eigenvalue weighted by Gasteiger charge is -2.16. The second kappa shape index (κ2) is 6.14. The Bertz CT molecular complexity index is 505. The molecular formula is C12H15FN4O2. The largest absolute Gasteiger partial charge is 0.383 e. The van der Waals surface area contributed by atoms with E-state index in [1.807, 2.05) is 0 Å². The van der Waals surface area contributed by atoms with E-state index in [-0.39, 0.29) is 18.3 Å².